The number of piperidine rings is 1. The highest BCUT2D eigenvalue weighted by Gasteiger charge is 2.61. The van der Waals surface area contributed by atoms with E-state index in [2.05, 4.69) is 27.1 Å². The fourth-order valence-corrected chi connectivity index (χ4v) is 6.53. The number of anilines is 1. The Balaban J connectivity index is 1.43. The summed E-state index contributed by atoms with van der Waals surface area (Å²) in [5.41, 5.74) is 3.14. The van der Waals surface area contributed by atoms with Gasteiger partial charge < -0.3 is 15.0 Å². The number of nitrogens with zero attached hydrogens (tertiary/aromatic N) is 4. The van der Waals surface area contributed by atoms with Crippen LogP contribution < -0.4 is 10.2 Å². The second-order valence-electron chi connectivity index (χ2n) is 12.0. The summed E-state index contributed by atoms with van der Waals surface area (Å²) >= 11 is 0. The number of carbonyl (C=O) groups is 1. The Morgan fingerprint density at radius 2 is 1.76 bits per heavy atom. The zero-order chi connectivity index (χ0) is 30.3. The molecule has 1 aromatic heterocycles. The van der Waals surface area contributed by atoms with Crippen molar-refractivity contribution in [3.05, 3.63) is 36.0 Å². The van der Waals surface area contributed by atoms with Crippen LogP contribution in [0.3, 0.4) is 0 Å². The van der Waals surface area contributed by atoms with Gasteiger partial charge in [0.15, 0.2) is 0 Å². The first-order chi connectivity index (χ1) is 19.8. The van der Waals surface area contributed by atoms with Gasteiger partial charge in [-0.2, -0.15) is 31.4 Å². The fraction of sp³-hybridized carbons (Fsp3) is 0.655. The predicted molar refractivity (Wildman–Crippen MR) is 145 cm³/mol. The van der Waals surface area contributed by atoms with Crippen molar-refractivity contribution in [3.63, 3.8) is 0 Å². The topological polar surface area (TPSA) is 62.6 Å². The van der Waals surface area contributed by atoms with E-state index in [0.29, 0.717) is 32.5 Å². The molecular formula is C29H37F6N5O2. The Morgan fingerprint density at radius 3 is 2.38 bits per heavy atom. The van der Waals surface area contributed by atoms with E-state index in [4.69, 9.17) is 5.10 Å². The number of alkyl halides is 6. The van der Waals surface area contributed by atoms with Gasteiger partial charge in [-0.25, -0.2) is 0 Å². The summed E-state index contributed by atoms with van der Waals surface area (Å²) in [5, 5.41) is 8.15. The third-order valence-electron chi connectivity index (χ3n) is 8.72. The summed E-state index contributed by atoms with van der Waals surface area (Å²) in [5.74, 6) is -2.58. The summed E-state index contributed by atoms with van der Waals surface area (Å²) < 4.78 is 84.9. The van der Waals surface area contributed by atoms with Gasteiger partial charge in [-0.3, -0.25) is 14.4 Å². The minimum atomic E-state index is -5.75. The number of rotatable bonds is 7. The molecule has 0 radical (unpaired) electrons. The van der Waals surface area contributed by atoms with Crippen molar-refractivity contribution < 1.29 is 35.9 Å². The van der Waals surface area contributed by atoms with E-state index in [1.807, 2.05) is 41.8 Å². The lowest BCUT2D eigenvalue weighted by atomic mass is 9.83. The van der Waals surface area contributed by atoms with E-state index in [-0.39, 0.29) is 19.0 Å². The number of halogens is 6. The zero-order valence-electron chi connectivity index (χ0n) is 23.8. The van der Waals surface area contributed by atoms with E-state index >= 15 is 0 Å². The maximum Gasteiger partial charge on any atom is 0.434 e. The SMILES string of the molecule is CC(C)n1cc(CN2CC(C(=O)OC(C(F)(F)F)C(F)(F)F)CC23CCNCC3)c(-c2cccc(N3CCCC3)c2)n1. The molecule has 1 atom stereocenters. The first kappa shape index (κ1) is 30.7. The summed E-state index contributed by atoms with van der Waals surface area (Å²) in [6.07, 6.45) is -10.1. The van der Waals surface area contributed by atoms with Crippen molar-refractivity contribution in [2.24, 2.45) is 5.92 Å². The summed E-state index contributed by atoms with van der Waals surface area (Å²) in [4.78, 5) is 17.2. The molecule has 2 aromatic rings. The lowest BCUT2D eigenvalue weighted by Crippen LogP contribution is -2.50. The Labute approximate surface area is 241 Å². The van der Waals surface area contributed by atoms with Gasteiger partial charge in [-0.15, -0.1) is 0 Å². The summed E-state index contributed by atoms with van der Waals surface area (Å²) in [7, 11) is 0. The second kappa shape index (κ2) is 11.7. The van der Waals surface area contributed by atoms with Crippen molar-refractivity contribution >= 4 is 11.7 Å². The Morgan fingerprint density at radius 1 is 1.10 bits per heavy atom. The smallest absolute Gasteiger partial charge is 0.434 e. The van der Waals surface area contributed by atoms with Gasteiger partial charge in [0.1, 0.15) is 0 Å². The molecule has 1 unspecified atom stereocenters. The number of carbonyl (C=O) groups excluding carboxylic acids is 1. The molecule has 3 aliphatic heterocycles. The molecule has 7 nitrogen and oxygen atoms in total. The molecule has 42 heavy (non-hydrogen) atoms. The molecule has 0 amide bonds. The van der Waals surface area contributed by atoms with Crippen LogP contribution in [0.1, 0.15) is 57.6 Å². The van der Waals surface area contributed by atoms with E-state index in [1.165, 1.54) is 0 Å². The maximum absolute atomic E-state index is 13.1. The number of benzene rings is 1. The third kappa shape index (κ3) is 6.41. The van der Waals surface area contributed by atoms with Gasteiger partial charge in [0.2, 0.25) is 0 Å². The minimum Gasteiger partial charge on any atom is -0.442 e. The first-order valence-electron chi connectivity index (χ1n) is 14.5. The number of hydrogen-bond donors (Lipinski definition) is 1. The molecule has 1 N–H and O–H groups in total. The molecule has 0 aliphatic carbocycles. The van der Waals surface area contributed by atoms with Crippen molar-refractivity contribution in [1.29, 1.82) is 0 Å². The Bertz CT molecular complexity index is 1230. The molecule has 0 bridgehead atoms. The number of aromatic nitrogens is 2. The van der Waals surface area contributed by atoms with Crippen molar-refractivity contribution in [1.82, 2.24) is 20.0 Å². The van der Waals surface area contributed by atoms with Crippen LogP contribution in [-0.4, -0.2) is 77.4 Å². The molecule has 5 rings (SSSR count). The summed E-state index contributed by atoms with van der Waals surface area (Å²) in [6.45, 7) is 7.60. The van der Waals surface area contributed by atoms with Crippen molar-refractivity contribution in [2.75, 3.05) is 37.6 Å². The average Bonchev–Trinajstić information content (AvgIpc) is 3.67. The fourth-order valence-electron chi connectivity index (χ4n) is 6.53. The zero-order valence-corrected chi connectivity index (χ0v) is 23.8. The average molecular weight is 602 g/mol. The minimum absolute atomic E-state index is 0.00137. The summed E-state index contributed by atoms with van der Waals surface area (Å²) in [6, 6.07) is 8.24. The number of ether oxygens (including phenoxy) is 1. The number of hydrogen-bond acceptors (Lipinski definition) is 6. The van der Waals surface area contributed by atoms with Crippen LogP contribution in [0.5, 0.6) is 0 Å². The van der Waals surface area contributed by atoms with Gasteiger partial charge in [-0.05, 0) is 71.2 Å². The molecule has 3 saturated heterocycles. The lowest BCUT2D eigenvalue weighted by Gasteiger charge is -2.42. The number of nitrogens with one attached hydrogen (secondary N) is 1. The van der Waals surface area contributed by atoms with E-state index in [1.54, 1.807) is 0 Å². The third-order valence-corrected chi connectivity index (χ3v) is 8.72. The lowest BCUT2D eigenvalue weighted by molar-refractivity contribution is -0.314. The standard InChI is InChI=1S/C29H37F6N5O2/c1-19(2)40-18-22(24(37-40)20-6-5-7-23(14-20)38-12-3-4-13-38)17-39-16-21(15-27(39)8-10-36-11-9-27)25(41)42-26(28(30,31)32)29(33,34)35/h5-7,14,18-19,21,26,36H,3-4,8-13,15-17H2,1-2H3. The molecule has 1 spiro atoms. The molecular weight excluding hydrogens is 564 g/mol. The normalized spacial score (nSPS) is 21.7. The van der Waals surface area contributed by atoms with Gasteiger partial charge in [-0.1, -0.05) is 12.1 Å². The van der Waals surface area contributed by atoms with Crippen molar-refractivity contribution in [2.45, 2.75) is 82.5 Å². The Hall–Kier alpha value is -2.80. The number of likely N-dealkylation sites (tertiary alicyclic amines) is 1. The highest BCUT2D eigenvalue weighted by atomic mass is 19.4. The molecule has 232 valence electrons. The maximum atomic E-state index is 13.1. The predicted octanol–water partition coefficient (Wildman–Crippen LogP) is 5.71. The quantitative estimate of drug-likeness (QED) is 0.324. The van der Waals surface area contributed by atoms with Gasteiger partial charge in [0.25, 0.3) is 6.10 Å². The van der Waals surface area contributed by atoms with Gasteiger partial charge >= 0.3 is 18.3 Å². The first-order valence-corrected chi connectivity index (χ1v) is 14.5. The van der Waals surface area contributed by atoms with Crippen LogP contribution >= 0.6 is 0 Å². The number of esters is 1. The van der Waals surface area contributed by atoms with Crippen LogP contribution in [0.2, 0.25) is 0 Å². The van der Waals surface area contributed by atoms with Crippen LogP contribution in [-0.2, 0) is 16.1 Å². The molecule has 3 aliphatic rings. The highest BCUT2D eigenvalue weighted by molar-refractivity contribution is 5.74. The molecule has 4 heterocycles. The van der Waals surface area contributed by atoms with E-state index < -0.39 is 35.9 Å². The molecule has 3 fully saturated rings. The van der Waals surface area contributed by atoms with E-state index in [0.717, 1.165) is 48.4 Å². The largest absolute Gasteiger partial charge is 0.442 e. The molecule has 13 heteroatoms. The monoisotopic (exact) mass is 601 g/mol. The van der Waals surface area contributed by atoms with Crippen LogP contribution in [0.4, 0.5) is 32.0 Å². The highest BCUT2D eigenvalue weighted by Crippen LogP contribution is 2.44. The molecule has 1 aromatic carbocycles. The molecule has 0 saturated carbocycles. The Kier molecular flexibility index (Phi) is 8.54. The van der Waals surface area contributed by atoms with Gasteiger partial charge in [0.05, 0.1) is 11.6 Å². The van der Waals surface area contributed by atoms with Gasteiger partial charge in [0, 0.05) is 60.8 Å². The van der Waals surface area contributed by atoms with Crippen LogP contribution in [0, 0.1) is 5.92 Å². The van der Waals surface area contributed by atoms with Crippen LogP contribution in [0.15, 0.2) is 30.5 Å². The van der Waals surface area contributed by atoms with Crippen molar-refractivity contribution in [3.8, 4) is 11.3 Å². The second-order valence-corrected chi connectivity index (χ2v) is 12.0. The van der Waals surface area contributed by atoms with E-state index in [9.17, 15) is 31.1 Å². The van der Waals surface area contributed by atoms with Crippen LogP contribution in [0.25, 0.3) is 11.3 Å².